The van der Waals surface area contributed by atoms with Gasteiger partial charge in [-0.05, 0) is 57.2 Å². The predicted molar refractivity (Wildman–Crippen MR) is 158 cm³/mol. The number of thiazole rings is 1. The van der Waals surface area contributed by atoms with Crippen LogP contribution in [0.25, 0.3) is 20.8 Å². The Morgan fingerprint density at radius 3 is 2.44 bits per heavy atom. The molecule has 0 bridgehead atoms. The number of nitrogens with zero attached hydrogens (tertiary/aromatic N) is 4. The second kappa shape index (κ2) is 10.7. The van der Waals surface area contributed by atoms with Gasteiger partial charge in [-0.3, -0.25) is 4.98 Å². The van der Waals surface area contributed by atoms with Crippen LogP contribution in [0.5, 0.6) is 0 Å². The Bertz CT molecular complexity index is 1810. The topological polar surface area (TPSA) is 150 Å². The van der Waals surface area contributed by atoms with Gasteiger partial charge in [-0.1, -0.05) is 0 Å². The molecular weight excluding hydrogens is 598 g/mol. The van der Waals surface area contributed by atoms with Crippen LogP contribution in [0.3, 0.4) is 0 Å². The van der Waals surface area contributed by atoms with Crippen LogP contribution >= 0.6 is 11.3 Å². The molecule has 14 heteroatoms. The van der Waals surface area contributed by atoms with Gasteiger partial charge >= 0.3 is 0 Å². The lowest BCUT2D eigenvalue weighted by Crippen LogP contribution is -2.36. The summed E-state index contributed by atoms with van der Waals surface area (Å²) in [6.07, 6.45) is 3.35. The summed E-state index contributed by atoms with van der Waals surface area (Å²) >= 11 is 1.49. The fourth-order valence-electron chi connectivity index (χ4n) is 5.74. The first-order valence-electron chi connectivity index (χ1n) is 14.3. The minimum Gasteiger partial charge on any atom is -0.390 e. The number of sulfone groups is 1. The fraction of sp³-hybridized carbons (Fsp3) is 0.448. The van der Waals surface area contributed by atoms with Crippen molar-refractivity contribution < 1.29 is 27.4 Å². The van der Waals surface area contributed by atoms with Crippen molar-refractivity contribution in [3.63, 3.8) is 0 Å². The highest BCUT2D eigenvalue weighted by molar-refractivity contribution is 7.91. The molecule has 43 heavy (non-hydrogen) atoms. The molecule has 0 aliphatic heterocycles. The third-order valence-corrected chi connectivity index (χ3v) is 11.1. The smallest absolute Gasteiger partial charge is 0.225 e. The molecule has 4 aromatic rings. The van der Waals surface area contributed by atoms with Crippen molar-refractivity contribution in [2.45, 2.75) is 74.1 Å². The number of halogens is 2. The first-order valence-corrected chi connectivity index (χ1v) is 16.7. The predicted octanol–water partition coefficient (Wildman–Crippen LogP) is 4.18. The molecule has 4 atom stereocenters. The van der Waals surface area contributed by atoms with Gasteiger partial charge in [0.1, 0.15) is 34.1 Å². The first kappa shape index (κ1) is 28.4. The average molecular weight is 629 g/mol. The van der Waals surface area contributed by atoms with Crippen molar-refractivity contribution >= 4 is 43.2 Å². The van der Waals surface area contributed by atoms with E-state index in [1.807, 2.05) is 13.0 Å². The molecule has 3 saturated carbocycles. The minimum atomic E-state index is -4.16. The van der Waals surface area contributed by atoms with Crippen molar-refractivity contribution in [3.8, 4) is 10.6 Å². The average Bonchev–Trinajstić information content (AvgIpc) is 3.87. The van der Waals surface area contributed by atoms with Crippen LogP contribution in [0, 0.1) is 24.5 Å². The highest BCUT2D eigenvalue weighted by atomic mass is 32.2. The molecule has 3 aromatic heterocycles. The molecule has 3 aliphatic rings. The standard InChI is InChI=1S/C29H30F2N6O4S2/c1-13-22(28-36-24-21(42-28)6-7-32-23(24)14-2-3-14)27(37-29(33-13)34-18-4-5-18)35-20-8-15(25(38)26(20)39)12-43(40,41)19-10-16(30)9-17(31)11-19/h6-7,9-11,14-15,18,20,25-26,38-39H,2-5,8,12H2,1H3,(H2,33,34,35,37)/t15-,20-,25-,26+/m1/s1. The maximum absolute atomic E-state index is 13.7. The maximum Gasteiger partial charge on any atom is 0.225 e. The van der Waals surface area contributed by atoms with Gasteiger partial charge in [-0.2, -0.15) is 4.98 Å². The molecule has 4 N–H and O–H groups in total. The van der Waals surface area contributed by atoms with Crippen molar-refractivity contribution in [2.24, 2.45) is 5.92 Å². The fourth-order valence-corrected chi connectivity index (χ4v) is 8.48. The summed E-state index contributed by atoms with van der Waals surface area (Å²) in [5, 5.41) is 29.1. The Kier molecular flexibility index (Phi) is 7.07. The normalized spacial score (nSPS) is 24.0. The summed E-state index contributed by atoms with van der Waals surface area (Å²) < 4.78 is 54.5. The van der Waals surface area contributed by atoms with Gasteiger partial charge in [0.2, 0.25) is 5.95 Å². The van der Waals surface area contributed by atoms with Gasteiger partial charge < -0.3 is 20.8 Å². The van der Waals surface area contributed by atoms with E-state index in [1.54, 1.807) is 6.20 Å². The van der Waals surface area contributed by atoms with E-state index < -0.39 is 56.3 Å². The number of rotatable bonds is 9. The third-order valence-electron chi connectivity index (χ3n) is 8.27. The van der Waals surface area contributed by atoms with Crippen LogP contribution in [-0.4, -0.2) is 68.6 Å². The molecule has 0 amide bonds. The van der Waals surface area contributed by atoms with Crippen LogP contribution < -0.4 is 10.6 Å². The van der Waals surface area contributed by atoms with Gasteiger partial charge in [-0.25, -0.2) is 27.2 Å². The van der Waals surface area contributed by atoms with Crippen LogP contribution in [0.4, 0.5) is 20.5 Å². The molecule has 1 aromatic carbocycles. The van der Waals surface area contributed by atoms with Crippen molar-refractivity contribution in [1.82, 2.24) is 19.9 Å². The summed E-state index contributed by atoms with van der Waals surface area (Å²) in [7, 11) is -4.16. The quantitative estimate of drug-likeness (QED) is 0.213. The molecule has 0 unspecified atom stereocenters. The monoisotopic (exact) mass is 628 g/mol. The van der Waals surface area contributed by atoms with Crippen LogP contribution in [0.15, 0.2) is 35.4 Å². The number of pyridine rings is 1. The number of aliphatic hydroxyl groups is 2. The Hall–Kier alpha value is -3.33. The Morgan fingerprint density at radius 2 is 1.74 bits per heavy atom. The molecule has 7 rings (SSSR count). The number of benzene rings is 1. The molecule has 3 fully saturated rings. The number of nitrogens with one attached hydrogen (secondary N) is 2. The van der Waals surface area contributed by atoms with E-state index in [0.717, 1.165) is 53.7 Å². The van der Waals surface area contributed by atoms with Gasteiger partial charge in [0.25, 0.3) is 0 Å². The van der Waals surface area contributed by atoms with Crippen molar-refractivity contribution in [2.75, 3.05) is 16.4 Å². The van der Waals surface area contributed by atoms with E-state index in [2.05, 4.69) is 20.6 Å². The van der Waals surface area contributed by atoms with E-state index >= 15 is 0 Å². The third kappa shape index (κ3) is 5.68. The lowest BCUT2D eigenvalue weighted by atomic mass is 10.1. The molecule has 3 heterocycles. The van der Waals surface area contributed by atoms with Gasteiger partial charge in [0.15, 0.2) is 9.84 Å². The highest BCUT2D eigenvalue weighted by Crippen LogP contribution is 2.45. The largest absolute Gasteiger partial charge is 0.390 e. The van der Waals surface area contributed by atoms with Crippen LogP contribution in [0.2, 0.25) is 0 Å². The lowest BCUT2D eigenvalue weighted by molar-refractivity contribution is 0.0216. The summed E-state index contributed by atoms with van der Waals surface area (Å²) in [6.45, 7) is 1.86. The summed E-state index contributed by atoms with van der Waals surface area (Å²) in [6, 6.07) is 3.54. The Balaban J connectivity index is 1.20. The van der Waals surface area contributed by atoms with Gasteiger partial charge in [0, 0.05) is 30.1 Å². The number of anilines is 2. The molecule has 0 spiro atoms. The second-order valence-corrected chi connectivity index (χ2v) is 14.8. The zero-order valence-corrected chi connectivity index (χ0v) is 24.8. The maximum atomic E-state index is 13.7. The SMILES string of the molecule is Cc1nc(NC2CC2)nc(N[C@@H]2C[C@H](CS(=O)(=O)c3cc(F)cc(F)c3)[C@@H](O)[C@H]2O)c1-c1nc2c(C3CC3)nccc2s1. The van der Waals surface area contributed by atoms with Gasteiger partial charge in [-0.15, -0.1) is 11.3 Å². The summed E-state index contributed by atoms with van der Waals surface area (Å²) in [5.41, 5.74) is 3.15. The molecular formula is C29H30F2N6O4S2. The number of aryl methyl sites for hydroxylation is 1. The van der Waals surface area contributed by atoms with Crippen molar-refractivity contribution in [1.29, 1.82) is 0 Å². The number of aliphatic hydroxyl groups excluding tert-OH is 2. The molecule has 10 nitrogen and oxygen atoms in total. The zero-order chi connectivity index (χ0) is 30.0. The van der Waals surface area contributed by atoms with E-state index in [1.165, 1.54) is 11.3 Å². The van der Waals surface area contributed by atoms with E-state index in [4.69, 9.17) is 9.97 Å². The van der Waals surface area contributed by atoms with Crippen LogP contribution in [-0.2, 0) is 9.84 Å². The van der Waals surface area contributed by atoms with Crippen molar-refractivity contribution in [3.05, 3.63) is 53.5 Å². The van der Waals surface area contributed by atoms with E-state index in [-0.39, 0.29) is 12.5 Å². The summed E-state index contributed by atoms with van der Waals surface area (Å²) in [5.74, 6) is -2.27. The molecule has 0 radical (unpaired) electrons. The van der Waals surface area contributed by atoms with E-state index in [9.17, 15) is 27.4 Å². The lowest BCUT2D eigenvalue weighted by Gasteiger charge is -2.21. The number of hydrogen-bond donors (Lipinski definition) is 4. The first-order chi connectivity index (χ1) is 20.6. The Labute approximate surface area is 250 Å². The highest BCUT2D eigenvalue weighted by Gasteiger charge is 2.44. The summed E-state index contributed by atoms with van der Waals surface area (Å²) in [4.78, 5) is 18.5. The van der Waals surface area contributed by atoms with Crippen LogP contribution in [0.1, 0.15) is 49.4 Å². The Morgan fingerprint density at radius 1 is 1.00 bits per heavy atom. The van der Waals surface area contributed by atoms with Gasteiger partial charge in [0.05, 0.1) is 44.4 Å². The number of hydrogen-bond acceptors (Lipinski definition) is 11. The molecule has 3 aliphatic carbocycles. The minimum absolute atomic E-state index is 0.0723. The molecule has 0 saturated heterocycles. The zero-order valence-electron chi connectivity index (χ0n) is 23.2. The number of aromatic nitrogens is 4. The molecule has 226 valence electrons. The second-order valence-electron chi connectivity index (χ2n) is 11.7. The van der Waals surface area contributed by atoms with E-state index in [0.29, 0.717) is 40.0 Å². The number of fused-ring (bicyclic) bond motifs is 1.